The molecule has 0 fully saturated rings. The molecule has 1 radical (unpaired) electrons. The molecule has 0 saturated heterocycles. The van der Waals surface area contributed by atoms with Crippen LogP contribution in [-0.2, 0) is 21.9 Å². The Morgan fingerprint density at radius 1 is 1.31 bits per heavy atom. The number of carboxylic acids is 1. The smallest absolute Gasteiger partial charge is 0.320 e. The molecule has 6 nitrogen and oxygen atoms in total. The summed E-state index contributed by atoms with van der Waals surface area (Å²) in [5, 5.41) is 8.33. The minimum absolute atomic E-state index is 0. The number of unbranched alkanes of at least 4 members (excludes halogenated alkanes) is 1. The molecule has 0 aliphatic heterocycles. The van der Waals surface area contributed by atoms with Crippen LogP contribution in [0.4, 0.5) is 0 Å². The average Bonchev–Trinajstić information content (AvgIpc) is 1.88. The van der Waals surface area contributed by atoms with Crippen LogP contribution in [0.1, 0.15) is 19.3 Å². The van der Waals surface area contributed by atoms with Gasteiger partial charge in [0, 0.05) is 17.1 Å². The van der Waals surface area contributed by atoms with Gasteiger partial charge in [-0.25, -0.2) is 0 Å². The Morgan fingerprint density at radius 3 is 2.08 bits per heavy atom. The van der Waals surface area contributed by atoms with E-state index in [2.05, 4.69) is 0 Å². The Balaban J connectivity index is -0.000000135. The van der Waals surface area contributed by atoms with E-state index in [4.69, 9.17) is 16.6 Å². The van der Waals surface area contributed by atoms with Crippen LogP contribution in [0.25, 0.3) is 0 Å². The average molecular weight is 244 g/mol. The van der Waals surface area contributed by atoms with Gasteiger partial charge in [0.15, 0.2) is 0 Å². The van der Waals surface area contributed by atoms with Crippen molar-refractivity contribution in [3.63, 3.8) is 0 Å². The third-order valence-corrected chi connectivity index (χ3v) is 1.29. The first-order valence-corrected chi connectivity index (χ1v) is 3.37. The Hall–Kier alpha value is -0.171. The van der Waals surface area contributed by atoms with Gasteiger partial charge >= 0.3 is 5.97 Å². The summed E-state index contributed by atoms with van der Waals surface area (Å²) in [4.78, 5) is 10.1. The number of carbonyl (C=O) groups is 1. The third-order valence-electron chi connectivity index (χ3n) is 1.29. The van der Waals surface area contributed by atoms with Crippen molar-refractivity contribution in [2.45, 2.75) is 25.3 Å². The van der Waals surface area contributed by atoms with Gasteiger partial charge in [0.05, 0.1) is 0 Å². The van der Waals surface area contributed by atoms with Crippen molar-refractivity contribution in [2.24, 2.45) is 11.5 Å². The number of carboxylic acid groups (broad SMARTS) is 1. The predicted molar refractivity (Wildman–Crippen MR) is 48.6 cm³/mol. The van der Waals surface area contributed by atoms with E-state index in [0.29, 0.717) is 13.0 Å². The van der Waals surface area contributed by atoms with E-state index in [-0.39, 0.29) is 29.4 Å². The summed E-state index contributed by atoms with van der Waals surface area (Å²) >= 11 is 0. The number of hydrogen-bond donors (Lipinski definition) is 5. The molecule has 0 aromatic carbocycles. The summed E-state index contributed by atoms with van der Waals surface area (Å²) < 4.78 is 0. The fraction of sp³-hybridized carbons (Fsp3) is 0.833. The van der Waals surface area contributed by atoms with E-state index in [1.54, 1.807) is 0 Å². The van der Waals surface area contributed by atoms with Crippen molar-refractivity contribution in [1.29, 1.82) is 0 Å². The van der Waals surface area contributed by atoms with Crippen LogP contribution < -0.4 is 23.8 Å². The molecule has 0 amide bonds. The van der Waals surface area contributed by atoms with Crippen LogP contribution in [0.3, 0.4) is 0 Å². The molecule has 13 heavy (non-hydrogen) atoms. The zero-order chi connectivity index (χ0) is 7.98. The summed E-state index contributed by atoms with van der Waals surface area (Å²) in [6, 6.07) is -0.716. The first-order chi connectivity index (χ1) is 4.68. The van der Waals surface area contributed by atoms with Gasteiger partial charge < -0.3 is 28.9 Å². The second-order valence-electron chi connectivity index (χ2n) is 2.23. The monoisotopic (exact) mass is 243 g/mol. The molecule has 7 heteroatoms. The molecule has 0 bridgehead atoms. The van der Waals surface area contributed by atoms with E-state index in [0.717, 1.165) is 12.8 Å². The van der Waals surface area contributed by atoms with Crippen molar-refractivity contribution in [3.8, 4) is 0 Å². The maximum absolute atomic E-state index is 10.1. The molecule has 0 saturated carbocycles. The molecule has 1 atom stereocenters. The fourth-order valence-electron chi connectivity index (χ4n) is 0.632. The standard InChI is InChI=1S/C6H14N2O2.Cu.2H3N/c7-4-2-1-3-5(8)6(9)10;;;/h5H,1-4,7-8H2,(H,9,10);;2*1H3. The summed E-state index contributed by atoms with van der Waals surface area (Å²) in [6.45, 7) is 0.604. The van der Waals surface area contributed by atoms with E-state index < -0.39 is 12.0 Å². The van der Waals surface area contributed by atoms with Gasteiger partial charge in [0.25, 0.3) is 0 Å². The van der Waals surface area contributed by atoms with Gasteiger partial charge in [-0.15, -0.1) is 0 Å². The van der Waals surface area contributed by atoms with Gasteiger partial charge in [0.1, 0.15) is 6.04 Å². The molecule has 0 rings (SSSR count). The second-order valence-corrected chi connectivity index (χ2v) is 2.23. The molecular weight excluding hydrogens is 224 g/mol. The number of nitrogens with two attached hydrogens (primary N) is 2. The zero-order valence-electron chi connectivity index (χ0n) is 7.63. The summed E-state index contributed by atoms with van der Waals surface area (Å²) in [5.41, 5.74) is 10.4. The Bertz CT molecular complexity index is 115. The topological polar surface area (TPSA) is 159 Å². The van der Waals surface area contributed by atoms with Crippen LogP contribution in [0.5, 0.6) is 0 Å². The van der Waals surface area contributed by atoms with E-state index in [9.17, 15) is 4.79 Å². The van der Waals surface area contributed by atoms with Crippen LogP contribution in [0.15, 0.2) is 0 Å². The quantitative estimate of drug-likeness (QED) is 0.333. The van der Waals surface area contributed by atoms with Gasteiger partial charge in [-0.05, 0) is 19.4 Å². The molecule has 0 aliphatic rings. The summed E-state index contributed by atoms with van der Waals surface area (Å²) in [6.07, 6.45) is 2.16. The van der Waals surface area contributed by atoms with E-state index in [1.165, 1.54) is 0 Å². The molecule has 87 valence electrons. The predicted octanol–water partition coefficient (Wildman–Crippen LogP) is -0.151. The molecule has 0 spiro atoms. The molecule has 0 aliphatic carbocycles. The van der Waals surface area contributed by atoms with E-state index in [1.807, 2.05) is 0 Å². The third kappa shape index (κ3) is 14.7. The SMILES string of the molecule is N.N.NCCCCC(N)C(=O)O.[Cu]. The largest absolute Gasteiger partial charge is 0.480 e. The number of hydrogen-bond acceptors (Lipinski definition) is 5. The molecule has 0 aromatic heterocycles. The molecular formula is C6H20CuN4O2. The summed E-state index contributed by atoms with van der Waals surface area (Å²) in [7, 11) is 0. The molecule has 0 heterocycles. The molecule has 11 N–H and O–H groups in total. The first-order valence-electron chi connectivity index (χ1n) is 3.37. The Kier molecular flexibility index (Phi) is 25.4. The fourth-order valence-corrected chi connectivity index (χ4v) is 0.632. The van der Waals surface area contributed by atoms with Gasteiger partial charge in [0.2, 0.25) is 0 Å². The van der Waals surface area contributed by atoms with Crippen molar-refractivity contribution in [1.82, 2.24) is 12.3 Å². The van der Waals surface area contributed by atoms with Crippen molar-refractivity contribution in [3.05, 3.63) is 0 Å². The molecule has 1 unspecified atom stereocenters. The zero-order valence-corrected chi connectivity index (χ0v) is 8.57. The van der Waals surface area contributed by atoms with Gasteiger partial charge in [-0.3, -0.25) is 4.79 Å². The van der Waals surface area contributed by atoms with Crippen LogP contribution in [0, 0.1) is 0 Å². The normalized spacial score (nSPS) is 10.0. The van der Waals surface area contributed by atoms with Gasteiger partial charge in [-0.2, -0.15) is 0 Å². The maximum atomic E-state index is 10.1. The van der Waals surface area contributed by atoms with Crippen molar-refractivity contribution >= 4 is 5.97 Å². The van der Waals surface area contributed by atoms with Crippen molar-refractivity contribution < 1.29 is 27.0 Å². The maximum Gasteiger partial charge on any atom is 0.320 e. The first kappa shape index (κ1) is 23.0. The number of rotatable bonds is 5. The minimum Gasteiger partial charge on any atom is -0.480 e. The van der Waals surface area contributed by atoms with E-state index >= 15 is 0 Å². The minimum atomic E-state index is -0.933. The number of aliphatic carboxylic acids is 1. The summed E-state index contributed by atoms with van der Waals surface area (Å²) in [5.74, 6) is -0.933. The van der Waals surface area contributed by atoms with Crippen LogP contribution >= 0.6 is 0 Å². The van der Waals surface area contributed by atoms with Gasteiger partial charge in [-0.1, -0.05) is 6.42 Å². The van der Waals surface area contributed by atoms with Crippen molar-refractivity contribution in [2.75, 3.05) is 6.54 Å². The molecule has 0 aromatic rings. The Morgan fingerprint density at radius 2 is 1.77 bits per heavy atom. The van der Waals surface area contributed by atoms with Crippen LogP contribution in [0.2, 0.25) is 0 Å². The Labute approximate surface area is 89.1 Å². The van der Waals surface area contributed by atoms with Crippen LogP contribution in [-0.4, -0.2) is 23.7 Å². The second kappa shape index (κ2) is 14.4.